The van der Waals surface area contributed by atoms with Gasteiger partial charge in [0.25, 0.3) is 5.91 Å². The molecule has 1 unspecified atom stereocenters. The number of nitrogens with zero attached hydrogens (tertiary/aromatic N) is 1. The van der Waals surface area contributed by atoms with Crippen LogP contribution in [0.5, 0.6) is 5.75 Å². The fraction of sp³-hybridized carbons (Fsp3) is 0.579. The lowest BCUT2D eigenvalue weighted by molar-refractivity contribution is -0.901. The van der Waals surface area contributed by atoms with Crippen LogP contribution in [0, 0.1) is 5.92 Å². The summed E-state index contributed by atoms with van der Waals surface area (Å²) in [5.74, 6) is 1.41. The van der Waals surface area contributed by atoms with Gasteiger partial charge in [0.15, 0.2) is 6.67 Å². The molecule has 1 spiro atoms. The molecule has 3 rings (SSSR count). The van der Waals surface area contributed by atoms with E-state index in [1.54, 1.807) is 7.11 Å². The predicted molar refractivity (Wildman–Crippen MR) is 94.2 cm³/mol. The summed E-state index contributed by atoms with van der Waals surface area (Å²) in [7, 11) is 3.64. The topological polar surface area (TPSA) is 63.1 Å². The first kappa shape index (κ1) is 17.7. The molecule has 1 aliphatic heterocycles. The number of methoxy groups -OCH3 is 1. The smallest absolute Gasteiger partial charge is 0.329 e. The van der Waals surface area contributed by atoms with Crippen molar-refractivity contribution < 1.29 is 19.2 Å². The molecule has 0 radical (unpaired) electrons. The Bertz CT molecular complexity index is 636. The van der Waals surface area contributed by atoms with Crippen LogP contribution >= 0.6 is 0 Å². The molecule has 1 aliphatic carbocycles. The molecule has 6 heteroatoms. The van der Waals surface area contributed by atoms with Gasteiger partial charge in [0.1, 0.15) is 17.8 Å². The number of carbonyl (C=O) groups excluding carboxylic acids is 2. The highest BCUT2D eigenvalue weighted by Gasteiger charge is 2.52. The van der Waals surface area contributed by atoms with Gasteiger partial charge in [-0.1, -0.05) is 6.92 Å². The minimum Gasteiger partial charge on any atom is -0.497 e. The largest absolute Gasteiger partial charge is 0.497 e. The van der Waals surface area contributed by atoms with E-state index in [1.807, 2.05) is 31.3 Å². The van der Waals surface area contributed by atoms with Crippen molar-refractivity contribution in [3.05, 3.63) is 29.8 Å². The molecule has 1 saturated carbocycles. The Morgan fingerprint density at radius 1 is 1.24 bits per heavy atom. The third-order valence-corrected chi connectivity index (χ3v) is 5.47. The average Bonchev–Trinajstić information content (AvgIpc) is 2.83. The van der Waals surface area contributed by atoms with Crippen LogP contribution in [0.3, 0.4) is 0 Å². The van der Waals surface area contributed by atoms with E-state index >= 15 is 0 Å². The molecule has 3 amide bonds. The first-order valence-electron chi connectivity index (χ1n) is 9.02. The molecule has 2 fully saturated rings. The summed E-state index contributed by atoms with van der Waals surface area (Å²) in [5, 5.41) is 2.98. The summed E-state index contributed by atoms with van der Waals surface area (Å²) in [6.45, 7) is 3.33. The van der Waals surface area contributed by atoms with Crippen LogP contribution in [0.2, 0.25) is 0 Å². The first-order chi connectivity index (χ1) is 11.9. The zero-order valence-corrected chi connectivity index (χ0v) is 15.3. The van der Waals surface area contributed by atoms with Gasteiger partial charge in [-0.2, -0.15) is 0 Å². The van der Waals surface area contributed by atoms with E-state index in [0.29, 0.717) is 12.6 Å². The van der Waals surface area contributed by atoms with Gasteiger partial charge in [-0.3, -0.25) is 4.79 Å². The van der Waals surface area contributed by atoms with Crippen LogP contribution in [0.4, 0.5) is 4.79 Å². The molecular weight excluding hydrogens is 318 g/mol. The molecule has 136 valence electrons. The van der Waals surface area contributed by atoms with Crippen molar-refractivity contribution in [1.29, 1.82) is 0 Å². The predicted octanol–water partition coefficient (Wildman–Crippen LogP) is 1.17. The maximum absolute atomic E-state index is 12.9. The van der Waals surface area contributed by atoms with Crippen LogP contribution in [-0.4, -0.2) is 43.2 Å². The van der Waals surface area contributed by atoms with E-state index in [-0.39, 0.29) is 11.9 Å². The summed E-state index contributed by atoms with van der Waals surface area (Å²) in [4.78, 5) is 27.7. The van der Waals surface area contributed by atoms with Crippen molar-refractivity contribution in [2.45, 2.75) is 44.7 Å². The van der Waals surface area contributed by atoms with E-state index < -0.39 is 5.54 Å². The Labute approximate surface area is 149 Å². The van der Waals surface area contributed by atoms with E-state index in [4.69, 9.17) is 4.74 Å². The van der Waals surface area contributed by atoms with Crippen molar-refractivity contribution in [2.24, 2.45) is 5.92 Å². The van der Waals surface area contributed by atoms with E-state index in [0.717, 1.165) is 48.4 Å². The molecule has 1 aromatic rings. The Kier molecular flexibility index (Phi) is 4.99. The number of nitrogens with one attached hydrogen (secondary N) is 2. The SMILES string of the molecule is COc1ccc(C[NH+](C)CN2C(=O)NC3(CCC(C)CC3)C2=O)cc1. The van der Waals surface area contributed by atoms with E-state index in [9.17, 15) is 9.59 Å². The normalized spacial score (nSPS) is 27.5. The van der Waals surface area contributed by atoms with Gasteiger partial charge in [-0.25, -0.2) is 9.69 Å². The van der Waals surface area contributed by atoms with Crippen molar-refractivity contribution >= 4 is 11.9 Å². The van der Waals surface area contributed by atoms with Crippen molar-refractivity contribution in [2.75, 3.05) is 20.8 Å². The minimum absolute atomic E-state index is 0.0431. The van der Waals surface area contributed by atoms with Crippen LogP contribution in [0.1, 0.15) is 38.2 Å². The van der Waals surface area contributed by atoms with Gasteiger partial charge in [0.05, 0.1) is 14.2 Å². The summed E-state index contributed by atoms with van der Waals surface area (Å²) in [6, 6.07) is 7.63. The lowest BCUT2D eigenvalue weighted by atomic mass is 9.77. The van der Waals surface area contributed by atoms with Crippen LogP contribution in [0.15, 0.2) is 24.3 Å². The van der Waals surface area contributed by atoms with Gasteiger partial charge < -0.3 is 15.0 Å². The lowest BCUT2D eigenvalue weighted by Crippen LogP contribution is -3.09. The monoisotopic (exact) mass is 346 g/mol. The van der Waals surface area contributed by atoms with Gasteiger partial charge >= 0.3 is 6.03 Å². The number of hydrogen-bond acceptors (Lipinski definition) is 3. The second kappa shape index (κ2) is 7.04. The van der Waals surface area contributed by atoms with Crippen molar-refractivity contribution in [1.82, 2.24) is 10.2 Å². The number of benzene rings is 1. The van der Waals surface area contributed by atoms with Gasteiger partial charge in [0, 0.05) is 5.56 Å². The van der Waals surface area contributed by atoms with Crippen molar-refractivity contribution in [3.8, 4) is 5.75 Å². The molecule has 2 aliphatic rings. The summed E-state index contributed by atoms with van der Waals surface area (Å²) in [6.07, 6.45) is 3.50. The lowest BCUT2D eigenvalue weighted by Gasteiger charge is -2.33. The number of amides is 3. The highest BCUT2D eigenvalue weighted by molar-refractivity contribution is 6.06. The fourth-order valence-electron chi connectivity index (χ4n) is 3.83. The number of carbonyl (C=O) groups is 2. The van der Waals surface area contributed by atoms with Crippen molar-refractivity contribution in [3.63, 3.8) is 0 Å². The Morgan fingerprint density at radius 2 is 1.88 bits per heavy atom. The Balaban J connectivity index is 1.61. The van der Waals surface area contributed by atoms with Gasteiger partial charge in [-0.05, 0) is 55.9 Å². The maximum Gasteiger partial charge on any atom is 0.329 e. The number of urea groups is 1. The Morgan fingerprint density at radius 3 is 2.48 bits per heavy atom. The number of rotatable bonds is 5. The first-order valence-corrected chi connectivity index (χ1v) is 9.02. The quantitative estimate of drug-likeness (QED) is 0.787. The third-order valence-electron chi connectivity index (χ3n) is 5.47. The second-order valence-corrected chi connectivity index (χ2v) is 7.57. The van der Waals surface area contributed by atoms with Crippen LogP contribution < -0.4 is 15.0 Å². The molecule has 0 bridgehead atoms. The number of quaternary nitrogens is 1. The standard InChI is InChI=1S/C19H27N3O3/c1-14-8-10-19(11-9-14)17(23)22(18(24)20-19)13-21(2)12-15-4-6-16(25-3)7-5-15/h4-7,14H,8-13H2,1-3H3,(H,20,24)/p+1. The molecular formula is C19H28N3O3+. The number of imide groups is 1. The summed E-state index contributed by atoms with van der Waals surface area (Å²) < 4.78 is 5.17. The van der Waals surface area contributed by atoms with Gasteiger partial charge in [-0.15, -0.1) is 0 Å². The summed E-state index contributed by atoms with van der Waals surface area (Å²) >= 11 is 0. The zero-order chi connectivity index (χ0) is 18.0. The van der Waals surface area contributed by atoms with Crippen LogP contribution in [-0.2, 0) is 11.3 Å². The average molecular weight is 346 g/mol. The minimum atomic E-state index is -0.649. The maximum atomic E-state index is 12.9. The number of hydrogen-bond donors (Lipinski definition) is 2. The molecule has 6 nitrogen and oxygen atoms in total. The molecule has 2 N–H and O–H groups in total. The fourth-order valence-corrected chi connectivity index (χ4v) is 3.83. The Hall–Kier alpha value is -2.08. The summed E-state index contributed by atoms with van der Waals surface area (Å²) in [5.41, 5.74) is 0.496. The molecule has 1 saturated heterocycles. The van der Waals surface area contributed by atoms with E-state index in [2.05, 4.69) is 12.2 Å². The molecule has 0 aromatic heterocycles. The van der Waals surface area contributed by atoms with E-state index in [1.165, 1.54) is 4.90 Å². The van der Waals surface area contributed by atoms with Crippen LogP contribution in [0.25, 0.3) is 0 Å². The zero-order valence-electron chi connectivity index (χ0n) is 15.3. The highest BCUT2D eigenvalue weighted by atomic mass is 16.5. The molecule has 1 aromatic carbocycles. The third kappa shape index (κ3) is 3.63. The highest BCUT2D eigenvalue weighted by Crippen LogP contribution is 2.35. The second-order valence-electron chi connectivity index (χ2n) is 7.57. The molecule has 1 heterocycles. The van der Waals surface area contributed by atoms with Gasteiger partial charge in [0.2, 0.25) is 0 Å². The molecule has 1 atom stereocenters. The molecule has 25 heavy (non-hydrogen) atoms. The number of ether oxygens (including phenoxy) is 1.